The van der Waals surface area contributed by atoms with Gasteiger partial charge in [0.15, 0.2) is 0 Å². The van der Waals surface area contributed by atoms with E-state index >= 15 is 0 Å². The summed E-state index contributed by atoms with van der Waals surface area (Å²) in [6.45, 7) is 4.71. The first kappa shape index (κ1) is 10.3. The summed E-state index contributed by atoms with van der Waals surface area (Å²) in [5, 5.41) is 3.37. The van der Waals surface area contributed by atoms with Crippen LogP contribution in [-0.2, 0) is 4.79 Å². The van der Waals surface area contributed by atoms with E-state index in [1.54, 1.807) is 0 Å². The fraction of sp³-hybridized carbons (Fsp3) is 0.500. The minimum atomic E-state index is 0.152. The van der Waals surface area contributed by atoms with Gasteiger partial charge in [-0.15, -0.1) is 0 Å². The van der Waals surface area contributed by atoms with Crippen LogP contribution >= 0.6 is 0 Å². The van der Waals surface area contributed by atoms with E-state index < -0.39 is 0 Å². The molecular weight excluding hydrogens is 188 g/mol. The fourth-order valence-electron chi connectivity index (χ4n) is 1.83. The molecule has 1 N–H and O–H groups in total. The third-order valence-corrected chi connectivity index (χ3v) is 2.96. The maximum absolute atomic E-state index is 11.6. The van der Waals surface area contributed by atoms with Crippen molar-refractivity contribution in [3.05, 3.63) is 29.6 Å². The zero-order valence-corrected chi connectivity index (χ0v) is 9.16. The van der Waals surface area contributed by atoms with Crippen LogP contribution in [-0.4, -0.2) is 17.3 Å². The second-order valence-corrected chi connectivity index (χ2v) is 4.27. The summed E-state index contributed by atoms with van der Waals surface area (Å²) in [6, 6.07) is 4.18. The number of nitrogens with zero attached hydrogens (tertiary/aromatic N) is 1. The molecule has 3 heteroatoms. The first-order valence-electron chi connectivity index (χ1n) is 5.35. The maximum atomic E-state index is 11.6. The Morgan fingerprint density at radius 3 is 2.87 bits per heavy atom. The minimum absolute atomic E-state index is 0.152. The number of rotatable bonds is 1. The Morgan fingerprint density at radius 2 is 2.27 bits per heavy atom. The van der Waals surface area contributed by atoms with E-state index in [0.29, 0.717) is 12.2 Å². The van der Waals surface area contributed by atoms with Crippen molar-refractivity contribution in [2.45, 2.75) is 26.3 Å². The summed E-state index contributed by atoms with van der Waals surface area (Å²) in [4.78, 5) is 15.8. The molecule has 0 aromatic carbocycles. The zero-order valence-electron chi connectivity index (χ0n) is 9.16. The van der Waals surface area contributed by atoms with Crippen molar-refractivity contribution >= 4 is 5.78 Å². The second-order valence-electron chi connectivity index (χ2n) is 4.27. The van der Waals surface area contributed by atoms with Crippen LogP contribution in [0.25, 0.3) is 0 Å². The van der Waals surface area contributed by atoms with Crippen LogP contribution in [0.4, 0.5) is 0 Å². The molecule has 15 heavy (non-hydrogen) atoms. The topological polar surface area (TPSA) is 42.0 Å². The number of aromatic nitrogens is 1. The van der Waals surface area contributed by atoms with Gasteiger partial charge in [-0.2, -0.15) is 0 Å². The van der Waals surface area contributed by atoms with E-state index in [1.807, 2.05) is 32.2 Å². The van der Waals surface area contributed by atoms with Crippen molar-refractivity contribution < 1.29 is 4.79 Å². The first-order chi connectivity index (χ1) is 7.16. The van der Waals surface area contributed by atoms with Gasteiger partial charge in [0.25, 0.3) is 0 Å². The van der Waals surface area contributed by atoms with Crippen LogP contribution in [0.1, 0.15) is 30.6 Å². The summed E-state index contributed by atoms with van der Waals surface area (Å²) in [5.74, 6) is 0.499. The highest BCUT2D eigenvalue weighted by atomic mass is 16.1. The molecule has 0 amide bonds. The Bertz CT molecular complexity index is 358. The Hall–Kier alpha value is -1.22. The Balaban J connectivity index is 2.12. The second kappa shape index (κ2) is 4.11. The smallest absolute Gasteiger partial charge is 0.138 e. The van der Waals surface area contributed by atoms with Crippen molar-refractivity contribution in [3.63, 3.8) is 0 Å². The van der Waals surface area contributed by atoms with Crippen molar-refractivity contribution in [3.8, 4) is 0 Å². The molecule has 0 unspecified atom stereocenters. The number of aryl methyl sites for hydroxylation is 1. The highest BCUT2D eigenvalue weighted by Gasteiger charge is 2.25. The van der Waals surface area contributed by atoms with Crippen LogP contribution < -0.4 is 5.32 Å². The van der Waals surface area contributed by atoms with Gasteiger partial charge in [-0.05, 0) is 18.6 Å². The first-order valence-corrected chi connectivity index (χ1v) is 5.35. The number of pyridine rings is 1. The largest absolute Gasteiger partial charge is 0.309 e. The van der Waals surface area contributed by atoms with E-state index in [1.165, 1.54) is 0 Å². The third kappa shape index (κ3) is 2.23. The maximum Gasteiger partial charge on any atom is 0.138 e. The van der Waals surface area contributed by atoms with Crippen LogP contribution in [0.3, 0.4) is 0 Å². The number of Topliss-reactive ketones (excluding diaryl/α,β-unsaturated/α-hetero) is 1. The van der Waals surface area contributed by atoms with E-state index in [-0.39, 0.29) is 12.0 Å². The molecule has 80 valence electrons. The Morgan fingerprint density at radius 1 is 1.47 bits per heavy atom. The predicted molar refractivity (Wildman–Crippen MR) is 58.5 cm³/mol. The molecular formula is C12H16N2O. The fourth-order valence-corrected chi connectivity index (χ4v) is 1.83. The number of ketones is 1. The van der Waals surface area contributed by atoms with Crippen molar-refractivity contribution in [1.82, 2.24) is 10.3 Å². The lowest BCUT2D eigenvalue weighted by atomic mass is 9.91. The normalized spacial score (nSPS) is 26.7. The highest BCUT2D eigenvalue weighted by molar-refractivity contribution is 5.82. The molecule has 1 saturated heterocycles. The van der Waals surface area contributed by atoms with Gasteiger partial charge in [-0.25, -0.2) is 0 Å². The number of nitrogens with one attached hydrogen (secondary N) is 1. The molecule has 1 aliphatic rings. The van der Waals surface area contributed by atoms with E-state index in [2.05, 4.69) is 10.3 Å². The quantitative estimate of drug-likeness (QED) is 0.756. The zero-order chi connectivity index (χ0) is 10.8. The van der Waals surface area contributed by atoms with E-state index in [9.17, 15) is 4.79 Å². The van der Waals surface area contributed by atoms with Crippen molar-refractivity contribution in [2.24, 2.45) is 5.92 Å². The van der Waals surface area contributed by atoms with Crippen LogP contribution in [0.5, 0.6) is 0 Å². The summed E-state index contributed by atoms with van der Waals surface area (Å²) in [6.07, 6.45) is 2.45. The summed E-state index contributed by atoms with van der Waals surface area (Å²) in [5.41, 5.74) is 2.12. The number of carbonyl (C=O) groups excluding carboxylic acids is 1. The molecule has 0 saturated carbocycles. The molecule has 3 nitrogen and oxygen atoms in total. The molecule has 2 heterocycles. The van der Waals surface area contributed by atoms with Crippen molar-refractivity contribution in [1.29, 1.82) is 0 Å². The average molecular weight is 204 g/mol. The molecule has 0 bridgehead atoms. The van der Waals surface area contributed by atoms with Gasteiger partial charge in [0.05, 0.1) is 0 Å². The highest BCUT2D eigenvalue weighted by Crippen LogP contribution is 2.22. The number of hydrogen-bond donors (Lipinski definition) is 1. The lowest BCUT2D eigenvalue weighted by molar-refractivity contribution is -0.124. The molecule has 1 aromatic heterocycles. The molecule has 0 aliphatic carbocycles. The van der Waals surface area contributed by atoms with Crippen LogP contribution in [0, 0.1) is 12.8 Å². The molecule has 0 spiro atoms. The van der Waals surface area contributed by atoms with Gasteiger partial charge in [0.1, 0.15) is 5.78 Å². The SMILES string of the molecule is Cc1ccc([C@@H]2CC(=O)[C@@H](C)CN2)cn1. The van der Waals surface area contributed by atoms with Crippen molar-refractivity contribution in [2.75, 3.05) is 6.54 Å². The third-order valence-electron chi connectivity index (χ3n) is 2.96. The number of carbonyl (C=O) groups is 1. The lowest BCUT2D eigenvalue weighted by Gasteiger charge is -2.26. The number of piperidine rings is 1. The van der Waals surface area contributed by atoms with Crippen LogP contribution in [0.2, 0.25) is 0 Å². The van der Waals surface area contributed by atoms with Crippen LogP contribution in [0.15, 0.2) is 18.3 Å². The Labute approximate surface area is 89.9 Å². The summed E-state index contributed by atoms with van der Waals surface area (Å²) in [7, 11) is 0. The van der Waals surface area contributed by atoms with Gasteiger partial charge in [0, 0.05) is 36.8 Å². The number of hydrogen-bond acceptors (Lipinski definition) is 3. The average Bonchev–Trinajstić information content (AvgIpc) is 2.23. The molecule has 1 fully saturated rings. The molecule has 2 rings (SSSR count). The van der Waals surface area contributed by atoms with Gasteiger partial charge in [0.2, 0.25) is 0 Å². The summed E-state index contributed by atoms with van der Waals surface area (Å²) >= 11 is 0. The molecule has 0 radical (unpaired) electrons. The summed E-state index contributed by atoms with van der Waals surface area (Å²) < 4.78 is 0. The lowest BCUT2D eigenvalue weighted by Crippen LogP contribution is -2.38. The minimum Gasteiger partial charge on any atom is -0.309 e. The van der Waals surface area contributed by atoms with Gasteiger partial charge in [-0.3, -0.25) is 9.78 Å². The van der Waals surface area contributed by atoms with E-state index in [0.717, 1.165) is 17.8 Å². The molecule has 1 aliphatic heterocycles. The van der Waals surface area contributed by atoms with E-state index in [4.69, 9.17) is 0 Å². The Kier molecular flexibility index (Phi) is 2.82. The van der Waals surface area contributed by atoms with Gasteiger partial charge >= 0.3 is 0 Å². The van der Waals surface area contributed by atoms with Gasteiger partial charge < -0.3 is 5.32 Å². The monoisotopic (exact) mass is 204 g/mol. The molecule has 2 atom stereocenters. The standard InChI is InChI=1S/C12H16N2O/c1-8-6-14-11(5-12(8)15)10-4-3-9(2)13-7-10/h3-4,7-8,11,14H,5-6H2,1-2H3/t8-,11-/m0/s1. The van der Waals surface area contributed by atoms with Gasteiger partial charge in [-0.1, -0.05) is 13.0 Å². The predicted octanol–water partition coefficient (Wildman–Crippen LogP) is 1.63. The molecule has 1 aromatic rings.